The summed E-state index contributed by atoms with van der Waals surface area (Å²) < 4.78 is 7.33. The van der Waals surface area contributed by atoms with Crippen LogP contribution < -0.4 is 10.6 Å². The summed E-state index contributed by atoms with van der Waals surface area (Å²) in [6.07, 6.45) is 1.91. The SMILES string of the molecule is CN1CCOC(CNC(=O)Nc2nn(C)cc2-c2ccccc2)C1. The van der Waals surface area contributed by atoms with Crippen LogP contribution in [0.4, 0.5) is 10.6 Å². The highest BCUT2D eigenvalue weighted by molar-refractivity contribution is 5.92. The molecule has 1 aromatic carbocycles. The molecule has 1 fully saturated rings. The Kier molecular flexibility index (Phi) is 5.12. The van der Waals surface area contributed by atoms with Crippen molar-refractivity contribution in [3.8, 4) is 11.1 Å². The van der Waals surface area contributed by atoms with Crippen molar-refractivity contribution < 1.29 is 9.53 Å². The maximum absolute atomic E-state index is 12.2. The number of likely N-dealkylation sites (N-methyl/N-ethyl adjacent to an activating group) is 1. The Balaban J connectivity index is 1.60. The maximum atomic E-state index is 12.2. The second-order valence-corrected chi connectivity index (χ2v) is 6.02. The molecule has 7 nitrogen and oxygen atoms in total. The van der Waals surface area contributed by atoms with Gasteiger partial charge in [-0.2, -0.15) is 5.10 Å². The van der Waals surface area contributed by atoms with Crippen LogP contribution in [-0.4, -0.2) is 60.1 Å². The van der Waals surface area contributed by atoms with Crippen molar-refractivity contribution in [2.75, 3.05) is 38.6 Å². The molecule has 0 saturated carbocycles. The average Bonchev–Trinajstić information content (AvgIpc) is 2.94. The molecule has 2 N–H and O–H groups in total. The molecule has 128 valence electrons. The molecule has 1 aliphatic rings. The lowest BCUT2D eigenvalue weighted by atomic mass is 10.1. The summed E-state index contributed by atoms with van der Waals surface area (Å²) in [5.74, 6) is 0.544. The summed E-state index contributed by atoms with van der Waals surface area (Å²) in [7, 11) is 3.89. The van der Waals surface area contributed by atoms with E-state index in [0.29, 0.717) is 19.0 Å². The summed E-state index contributed by atoms with van der Waals surface area (Å²) in [5.41, 5.74) is 1.90. The Labute approximate surface area is 141 Å². The second-order valence-electron chi connectivity index (χ2n) is 6.02. The van der Waals surface area contributed by atoms with Gasteiger partial charge in [-0.25, -0.2) is 4.79 Å². The third-order valence-corrected chi connectivity index (χ3v) is 3.98. The van der Waals surface area contributed by atoms with E-state index in [-0.39, 0.29) is 12.1 Å². The highest BCUT2D eigenvalue weighted by atomic mass is 16.5. The van der Waals surface area contributed by atoms with E-state index in [9.17, 15) is 4.79 Å². The van der Waals surface area contributed by atoms with Gasteiger partial charge in [0.2, 0.25) is 0 Å². The zero-order valence-corrected chi connectivity index (χ0v) is 14.0. The van der Waals surface area contributed by atoms with Crippen LogP contribution in [-0.2, 0) is 11.8 Å². The fraction of sp³-hybridized carbons (Fsp3) is 0.412. The Morgan fingerprint density at radius 1 is 1.33 bits per heavy atom. The molecular weight excluding hydrogens is 306 g/mol. The van der Waals surface area contributed by atoms with Crippen LogP contribution in [0.25, 0.3) is 11.1 Å². The van der Waals surface area contributed by atoms with E-state index in [1.165, 1.54) is 0 Å². The Morgan fingerprint density at radius 2 is 2.12 bits per heavy atom. The van der Waals surface area contributed by atoms with E-state index in [1.54, 1.807) is 4.68 Å². The molecule has 0 spiro atoms. The molecule has 1 aliphatic heterocycles. The first-order valence-electron chi connectivity index (χ1n) is 8.06. The lowest BCUT2D eigenvalue weighted by molar-refractivity contribution is -0.0166. The third kappa shape index (κ3) is 4.12. The summed E-state index contributed by atoms with van der Waals surface area (Å²) >= 11 is 0. The monoisotopic (exact) mass is 329 g/mol. The van der Waals surface area contributed by atoms with Crippen molar-refractivity contribution in [3.05, 3.63) is 36.5 Å². The smallest absolute Gasteiger partial charge is 0.320 e. The van der Waals surface area contributed by atoms with Crippen molar-refractivity contribution in [2.24, 2.45) is 7.05 Å². The van der Waals surface area contributed by atoms with Gasteiger partial charge >= 0.3 is 6.03 Å². The molecule has 0 radical (unpaired) electrons. The summed E-state index contributed by atoms with van der Waals surface area (Å²) in [5, 5.41) is 10.0. The van der Waals surface area contributed by atoms with Crippen molar-refractivity contribution in [2.45, 2.75) is 6.10 Å². The number of benzene rings is 1. The van der Waals surface area contributed by atoms with Gasteiger partial charge in [-0.3, -0.25) is 10.00 Å². The van der Waals surface area contributed by atoms with Crippen LogP contribution in [0.3, 0.4) is 0 Å². The normalized spacial score (nSPS) is 18.3. The number of anilines is 1. The number of rotatable bonds is 4. The van der Waals surface area contributed by atoms with Gasteiger partial charge in [-0.15, -0.1) is 0 Å². The molecule has 2 heterocycles. The molecule has 7 heteroatoms. The minimum Gasteiger partial charge on any atom is -0.374 e. The number of urea groups is 1. The number of amides is 2. The zero-order valence-electron chi connectivity index (χ0n) is 14.0. The Bertz CT molecular complexity index is 686. The molecule has 1 unspecified atom stereocenters. The highest BCUT2D eigenvalue weighted by Crippen LogP contribution is 2.26. The summed E-state index contributed by atoms with van der Waals surface area (Å²) in [6, 6.07) is 9.59. The lowest BCUT2D eigenvalue weighted by Gasteiger charge is -2.30. The number of carbonyl (C=O) groups is 1. The van der Waals surface area contributed by atoms with Gasteiger partial charge in [-0.1, -0.05) is 30.3 Å². The van der Waals surface area contributed by atoms with Crippen LogP contribution in [0.2, 0.25) is 0 Å². The average molecular weight is 329 g/mol. The number of hydrogen-bond acceptors (Lipinski definition) is 4. The maximum Gasteiger partial charge on any atom is 0.320 e. The second kappa shape index (κ2) is 7.46. The van der Waals surface area contributed by atoms with E-state index in [0.717, 1.165) is 24.2 Å². The van der Waals surface area contributed by atoms with E-state index in [1.807, 2.05) is 43.6 Å². The number of ether oxygens (including phenoxy) is 1. The molecule has 1 aromatic heterocycles. The predicted octanol–water partition coefficient (Wildman–Crippen LogP) is 1.54. The van der Waals surface area contributed by atoms with Gasteiger partial charge in [0, 0.05) is 38.4 Å². The van der Waals surface area contributed by atoms with Gasteiger partial charge in [-0.05, 0) is 12.6 Å². The van der Waals surface area contributed by atoms with Crippen LogP contribution in [0.15, 0.2) is 36.5 Å². The number of carbonyl (C=O) groups excluding carboxylic acids is 1. The molecule has 2 aromatic rings. The van der Waals surface area contributed by atoms with Gasteiger partial charge in [0.1, 0.15) is 0 Å². The van der Waals surface area contributed by atoms with Crippen LogP contribution >= 0.6 is 0 Å². The first-order valence-corrected chi connectivity index (χ1v) is 8.06. The standard InChI is InChI=1S/C17H23N5O2/c1-21-8-9-24-14(11-21)10-18-17(23)19-16-15(12-22(2)20-16)13-6-4-3-5-7-13/h3-7,12,14H,8-11H2,1-2H3,(H2,18,19,20,23). The van der Waals surface area contributed by atoms with Crippen LogP contribution in [0, 0.1) is 0 Å². The van der Waals surface area contributed by atoms with E-state index in [4.69, 9.17) is 4.74 Å². The first kappa shape index (κ1) is 16.5. The quantitative estimate of drug-likeness (QED) is 0.892. The molecule has 24 heavy (non-hydrogen) atoms. The minimum absolute atomic E-state index is 0.0202. The lowest BCUT2D eigenvalue weighted by Crippen LogP contribution is -2.46. The van der Waals surface area contributed by atoms with E-state index >= 15 is 0 Å². The van der Waals surface area contributed by atoms with E-state index in [2.05, 4.69) is 27.7 Å². The van der Waals surface area contributed by atoms with Gasteiger partial charge in [0.05, 0.1) is 12.7 Å². The number of hydrogen-bond donors (Lipinski definition) is 2. The van der Waals surface area contributed by atoms with E-state index < -0.39 is 0 Å². The number of nitrogens with one attached hydrogen (secondary N) is 2. The van der Waals surface area contributed by atoms with Gasteiger partial charge in [0.25, 0.3) is 0 Å². The van der Waals surface area contributed by atoms with Crippen molar-refractivity contribution >= 4 is 11.8 Å². The number of morpholine rings is 1. The summed E-state index contributed by atoms with van der Waals surface area (Å²) in [4.78, 5) is 14.4. The number of aryl methyl sites for hydroxylation is 1. The highest BCUT2D eigenvalue weighted by Gasteiger charge is 2.19. The third-order valence-electron chi connectivity index (χ3n) is 3.98. The minimum atomic E-state index is -0.275. The Hall–Kier alpha value is -2.38. The predicted molar refractivity (Wildman–Crippen MR) is 92.9 cm³/mol. The first-order chi connectivity index (χ1) is 11.6. The largest absolute Gasteiger partial charge is 0.374 e. The van der Waals surface area contributed by atoms with Gasteiger partial charge < -0.3 is 15.0 Å². The fourth-order valence-electron chi connectivity index (χ4n) is 2.76. The Morgan fingerprint density at radius 3 is 2.88 bits per heavy atom. The molecule has 1 saturated heterocycles. The van der Waals surface area contributed by atoms with Crippen molar-refractivity contribution in [1.29, 1.82) is 0 Å². The number of nitrogens with zero attached hydrogens (tertiary/aromatic N) is 3. The summed E-state index contributed by atoms with van der Waals surface area (Å²) in [6.45, 7) is 2.92. The number of aromatic nitrogens is 2. The molecule has 1 atom stereocenters. The topological polar surface area (TPSA) is 71.4 Å². The molecule has 2 amide bonds. The zero-order chi connectivity index (χ0) is 16.9. The molecule has 0 bridgehead atoms. The fourth-order valence-corrected chi connectivity index (χ4v) is 2.76. The molecule has 0 aliphatic carbocycles. The van der Waals surface area contributed by atoms with Crippen LogP contribution in [0.5, 0.6) is 0 Å². The molecular formula is C17H23N5O2. The van der Waals surface area contributed by atoms with Crippen molar-refractivity contribution in [1.82, 2.24) is 20.0 Å². The van der Waals surface area contributed by atoms with Gasteiger partial charge in [0.15, 0.2) is 5.82 Å². The van der Waals surface area contributed by atoms with Crippen molar-refractivity contribution in [3.63, 3.8) is 0 Å². The van der Waals surface area contributed by atoms with Crippen LogP contribution in [0.1, 0.15) is 0 Å². The molecule has 3 rings (SSSR count).